The van der Waals surface area contributed by atoms with Gasteiger partial charge in [0.2, 0.25) is 5.91 Å². The van der Waals surface area contributed by atoms with E-state index in [4.69, 9.17) is 10.5 Å². The number of rotatable bonds is 7. The lowest BCUT2D eigenvalue weighted by atomic mass is 9.90. The van der Waals surface area contributed by atoms with Gasteiger partial charge in [-0.1, -0.05) is 13.8 Å². The molecule has 2 rings (SSSR count). The van der Waals surface area contributed by atoms with Crippen molar-refractivity contribution < 1.29 is 17.9 Å². The molecule has 0 saturated carbocycles. The first-order chi connectivity index (χ1) is 11.3. The highest BCUT2D eigenvalue weighted by atomic mass is 35.5. The van der Waals surface area contributed by atoms with Gasteiger partial charge in [0.1, 0.15) is 4.21 Å². The third kappa shape index (κ3) is 5.15. The fourth-order valence-electron chi connectivity index (χ4n) is 2.59. The van der Waals surface area contributed by atoms with Gasteiger partial charge in [-0.3, -0.25) is 4.79 Å². The van der Waals surface area contributed by atoms with Gasteiger partial charge in [-0.25, -0.2) is 8.42 Å². The number of hydrogen-bond acceptors (Lipinski definition) is 6. The van der Waals surface area contributed by atoms with E-state index in [1.807, 2.05) is 13.8 Å². The van der Waals surface area contributed by atoms with E-state index in [1.165, 1.54) is 15.6 Å². The van der Waals surface area contributed by atoms with Gasteiger partial charge < -0.3 is 15.8 Å². The van der Waals surface area contributed by atoms with Crippen LogP contribution in [0.3, 0.4) is 0 Å². The largest absolute Gasteiger partial charge is 0.381 e. The van der Waals surface area contributed by atoms with Gasteiger partial charge in [-0.05, 0) is 25.0 Å². The van der Waals surface area contributed by atoms with Gasteiger partial charge in [0.05, 0.1) is 12.1 Å². The Morgan fingerprint density at radius 1 is 1.32 bits per heavy atom. The molecule has 1 saturated heterocycles. The van der Waals surface area contributed by atoms with E-state index in [-0.39, 0.29) is 24.9 Å². The second-order valence-corrected chi connectivity index (χ2v) is 9.09. The number of carbonyl (C=O) groups excluding carboxylic acids is 1. The normalized spacial score (nSPS) is 17.1. The summed E-state index contributed by atoms with van der Waals surface area (Å²) in [5, 5.41) is 2.81. The third-order valence-corrected chi connectivity index (χ3v) is 7.80. The molecule has 3 N–H and O–H groups in total. The molecule has 1 aromatic rings. The first kappa shape index (κ1) is 22.3. The Bertz CT molecular complexity index is 668. The molecular formula is C15H26ClN3O4S2. The van der Waals surface area contributed by atoms with E-state index < -0.39 is 15.6 Å². The molecule has 0 spiro atoms. The maximum Gasteiger partial charge on any atom is 0.252 e. The molecule has 1 amide bonds. The fraction of sp³-hybridized carbons (Fsp3) is 0.667. The lowest BCUT2D eigenvalue weighted by Crippen LogP contribution is -2.56. The number of nitrogens with one attached hydrogen (secondary N) is 1. The first-order valence-electron chi connectivity index (χ1n) is 8.07. The van der Waals surface area contributed by atoms with Crippen LogP contribution in [0.5, 0.6) is 0 Å². The van der Waals surface area contributed by atoms with Crippen molar-refractivity contribution in [3.05, 3.63) is 17.0 Å². The Morgan fingerprint density at radius 3 is 2.48 bits per heavy atom. The van der Waals surface area contributed by atoms with Crippen LogP contribution in [-0.4, -0.2) is 50.5 Å². The molecular weight excluding hydrogens is 386 g/mol. The van der Waals surface area contributed by atoms with E-state index in [2.05, 4.69) is 5.32 Å². The predicted molar refractivity (Wildman–Crippen MR) is 100 cm³/mol. The quantitative estimate of drug-likeness (QED) is 0.704. The smallest absolute Gasteiger partial charge is 0.252 e. The van der Waals surface area contributed by atoms with E-state index in [9.17, 15) is 13.2 Å². The number of nitrogens with two attached hydrogens (primary N) is 1. The number of hydrogen-bond donors (Lipinski definition) is 2. The van der Waals surface area contributed by atoms with Crippen molar-refractivity contribution in [2.24, 2.45) is 5.73 Å². The van der Waals surface area contributed by atoms with Crippen molar-refractivity contribution in [3.8, 4) is 0 Å². The number of sulfonamides is 1. The molecule has 0 unspecified atom stereocenters. The average Bonchev–Trinajstić information content (AvgIpc) is 3.04. The molecule has 2 heterocycles. The van der Waals surface area contributed by atoms with Gasteiger partial charge in [-0.15, -0.1) is 23.7 Å². The molecule has 0 aliphatic carbocycles. The predicted octanol–water partition coefficient (Wildman–Crippen LogP) is 1.32. The van der Waals surface area contributed by atoms with Gasteiger partial charge in [0.25, 0.3) is 10.0 Å². The monoisotopic (exact) mass is 411 g/mol. The molecule has 144 valence electrons. The number of ether oxygens (including phenoxy) is 1. The van der Waals surface area contributed by atoms with E-state index in [0.717, 1.165) is 4.88 Å². The van der Waals surface area contributed by atoms with Crippen molar-refractivity contribution in [1.29, 1.82) is 0 Å². The van der Waals surface area contributed by atoms with Crippen LogP contribution in [0, 0.1) is 0 Å². The molecule has 1 aliphatic heterocycles. The Morgan fingerprint density at radius 2 is 1.92 bits per heavy atom. The van der Waals surface area contributed by atoms with Crippen LogP contribution in [0.25, 0.3) is 0 Å². The lowest BCUT2D eigenvalue weighted by Gasteiger charge is -2.31. The summed E-state index contributed by atoms with van der Waals surface area (Å²) in [6.45, 7) is 5.72. The van der Waals surface area contributed by atoms with Crippen molar-refractivity contribution in [2.45, 2.75) is 43.0 Å². The maximum atomic E-state index is 12.5. The summed E-state index contributed by atoms with van der Waals surface area (Å²) in [4.78, 5) is 13.1. The summed E-state index contributed by atoms with van der Waals surface area (Å²) in [6.07, 6.45) is 0.982. The topological polar surface area (TPSA) is 102 Å². The zero-order chi connectivity index (χ0) is 17.8. The van der Waals surface area contributed by atoms with Gasteiger partial charge in [0, 0.05) is 31.2 Å². The number of carbonyl (C=O) groups is 1. The van der Waals surface area contributed by atoms with Crippen LogP contribution in [0.15, 0.2) is 16.3 Å². The number of thiophene rings is 1. The summed E-state index contributed by atoms with van der Waals surface area (Å²) in [6, 6.07) is 3.32. The Hall–Kier alpha value is -0.710. The fourth-order valence-corrected chi connectivity index (χ4v) is 5.50. The van der Waals surface area contributed by atoms with Crippen molar-refractivity contribution in [2.75, 3.05) is 26.3 Å². The number of nitrogens with zero attached hydrogens (tertiary/aromatic N) is 1. The van der Waals surface area contributed by atoms with Crippen molar-refractivity contribution in [1.82, 2.24) is 9.62 Å². The Balaban J connectivity index is 0.00000312. The summed E-state index contributed by atoms with van der Waals surface area (Å²) in [5.74, 6) is -0.215. The van der Waals surface area contributed by atoms with Crippen molar-refractivity contribution >= 4 is 39.7 Å². The van der Waals surface area contributed by atoms with Crippen LogP contribution >= 0.6 is 23.7 Å². The van der Waals surface area contributed by atoms with Crippen LogP contribution in [0.1, 0.15) is 31.6 Å². The lowest BCUT2D eigenvalue weighted by molar-refractivity contribution is -0.129. The van der Waals surface area contributed by atoms with Gasteiger partial charge >= 0.3 is 0 Å². The van der Waals surface area contributed by atoms with Crippen molar-refractivity contribution in [3.63, 3.8) is 0 Å². The minimum atomic E-state index is -3.45. The number of halogens is 1. The van der Waals surface area contributed by atoms with Crippen LogP contribution in [0.4, 0.5) is 0 Å². The molecule has 1 aliphatic rings. The summed E-state index contributed by atoms with van der Waals surface area (Å²) >= 11 is 1.18. The first-order valence-corrected chi connectivity index (χ1v) is 10.3. The SMILES string of the molecule is CCN(CC)S(=O)(=O)c1ccc(CNC(=O)C2(N)CCOCC2)s1.Cl. The molecule has 7 nitrogen and oxygen atoms in total. The van der Waals surface area contributed by atoms with E-state index in [0.29, 0.717) is 43.4 Å². The van der Waals surface area contributed by atoms with Crippen LogP contribution in [0.2, 0.25) is 0 Å². The zero-order valence-corrected chi connectivity index (χ0v) is 16.9. The summed E-state index contributed by atoms with van der Waals surface area (Å²) in [7, 11) is -3.45. The van der Waals surface area contributed by atoms with Crippen LogP contribution in [-0.2, 0) is 26.1 Å². The summed E-state index contributed by atoms with van der Waals surface area (Å²) < 4.78 is 31.9. The molecule has 0 radical (unpaired) electrons. The van der Waals surface area contributed by atoms with E-state index in [1.54, 1.807) is 12.1 Å². The molecule has 1 aromatic heterocycles. The van der Waals surface area contributed by atoms with Crippen LogP contribution < -0.4 is 11.1 Å². The summed E-state index contributed by atoms with van der Waals surface area (Å²) in [5.41, 5.74) is 5.23. The molecule has 25 heavy (non-hydrogen) atoms. The second-order valence-electron chi connectivity index (χ2n) is 5.76. The molecule has 10 heteroatoms. The Labute approximate surface area is 159 Å². The highest BCUT2D eigenvalue weighted by Gasteiger charge is 2.35. The van der Waals surface area contributed by atoms with E-state index >= 15 is 0 Å². The molecule has 0 aromatic carbocycles. The van der Waals surface area contributed by atoms with Gasteiger partial charge in [0.15, 0.2) is 0 Å². The highest BCUT2D eigenvalue weighted by Crippen LogP contribution is 2.25. The number of amides is 1. The molecule has 0 atom stereocenters. The highest BCUT2D eigenvalue weighted by molar-refractivity contribution is 7.91. The Kier molecular flexibility index (Phi) is 8.30. The minimum Gasteiger partial charge on any atom is -0.381 e. The molecule has 0 bridgehead atoms. The van der Waals surface area contributed by atoms with Gasteiger partial charge in [-0.2, -0.15) is 4.31 Å². The maximum absolute atomic E-state index is 12.5. The minimum absolute atomic E-state index is 0. The molecule has 1 fully saturated rings. The third-order valence-electron chi connectivity index (χ3n) is 4.20. The average molecular weight is 412 g/mol. The zero-order valence-electron chi connectivity index (χ0n) is 14.5. The second kappa shape index (κ2) is 9.29. The standard InChI is InChI=1S/C15H25N3O4S2.ClH/c1-3-18(4-2)24(20,21)13-6-5-12(23-13)11-17-14(19)15(16)7-9-22-10-8-15;/h5-6H,3-4,7-11,16H2,1-2H3,(H,17,19);1H.